The number of nitrogens with zero attached hydrogens (tertiary/aromatic N) is 1. The summed E-state index contributed by atoms with van der Waals surface area (Å²) in [6.07, 6.45) is 2.72. The standard InChI is InChI=1S/C13H15Cl2N3/c1-8(4-5-16)13-17-7-12(18-13)9-2-3-10(14)11(15)6-9/h2-3,6-8H,4-5,16H2,1H3,(H,17,18). The molecule has 1 heterocycles. The van der Waals surface area contributed by atoms with E-state index in [0.717, 1.165) is 23.5 Å². The van der Waals surface area contributed by atoms with E-state index in [0.29, 0.717) is 22.5 Å². The Morgan fingerprint density at radius 3 is 2.78 bits per heavy atom. The van der Waals surface area contributed by atoms with Crippen LogP contribution in [0.25, 0.3) is 11.3 Å². The largest absolute Gasteiger partial charge is 0.342 e. The molecule has 1 aromatic heterocycles. The Balaban J connectivity index is 2.26. The maximum absolute atomic E-state index is 6.00. The second kappa shape index (κ2) is 5.74. The maximum atomic E-state index is 6.00. The van der Waals surface area contributed by atoms with Crippen LogP contribution in [0.15, 0.2) is 24.4 Å². The molecule has 0 saturated carbocycles. The van der Waals surface area contributed by atoms with E-state index in [2.05, 4.69) is 16.9 Å². The lowest BCUT2D eigenvalue weighted by molar-refractivity contribution is 0.655. The highest BCUT2D eigenvalue weighted by molar-refractivity contribution is 6.42. The van der Waals surface area contributed by atoms with Crippen molar-refractivity contribution in [1.82, 2.24) is 9.97 Å². The van der Waals surface area contributed by atoms with E-state index in [9.17, 15) is 0 Å². The van der Waals surface area contributed by atoms with Crippen LogP contribution in [0.4, 0.5) is 0 Å². The molecule has 0 amide bonds. The molecule has 1 aromatic carbocycles. The molecule has 0 fully saturated rings. The van der Waals surface area contributed by atoms with Crippen molar-refractivity contribution in [2.24, 2.45) is 5.73 Å². The third-order valence-electron chi connectivity index (χ3n) is 2.89. The number of benzene rings is 1. The van der Waals surface area contributed by atoms with E-state index < -0.39 is 0 Å². The fourth-order valence-corrected chi connectivity index (χ4v) is 2.08. The zero-order valence-electron chi connectivity index (χ0n) is 10.1. The average molecular weight is 284 g/mol. The van der Waals surface area contributed by atoms with Gasteiger partial charge >= 0.3 is 0 Å². The molecule has 0 bridgehead atoms. The van der Waals surface area contributed by atoms with Gasteiger partial charge in [-0.05, 0) is 25.1 Å². The molecule has 1 unspecified atom stereocenters. The van der Waals surface area contributed by atoms with Crippen molar-refractivity contribution in [1.29, 1.82) is 0 Å². The quantitative estimate of drug-likeness (QED) is 0.896. The van der Waals surface area contributed by atoms with Crippen molar-refractivity contribution in [2.75, 3.05) is 6.54 Å². The van der Waals surface area contributed by atoms with Gasteiger partial charge in [0.25, 0.3) is 0 Å². The molecule has 3 N–H and O–H groups in total. The lowest BCUT2D eigenvalue weighted by Crippen LogP contribution is -2.05. The van der Waals surface area contributed by atoms with Gasteiger partial charge in [-0.25, -0.2) is 4.98 Å². The van der Waals surface area contributed by atoms with Crippen molar-refractivity contribution in [3.05, 3.63) is 40.3 Å². The molecule has 0 aliphatic carbocycles. The molecule has 5 heteroatoms. The molecule has 0 spiro atoms. The highest BCUT2D eigenvalue weighted by Gasteiger charge is 2.10. The zero-order chi connectivity index (χ0) is 13.1. The Kier molecular flexibility index (Phi) is 4.27. The fraction of sp³-hybridized carbons (Fsp3) is 0.308. The Labute approximate surface area is 116 Å². The van der Waals surface area contributed by atoms with Crippen LogP contribution in [-0.2, 0) is 0 Å². The van der Waals surface area contributed by atoms with Gasteiger partial charge in [-0.2, -0.15) is 0 Å². The summed E-state index contributed by atoms with van der Waals surface area (Å²) in [5.74, 6) is 1.27. The molecule has 0 aliphatic heterocycles. The van der Waals surface area contributed by atoms with Crippen LogP contribution in [0.5, 0.6) is 0 Å². The van der Waals surface area contributed by atoms with Gasteiger partial charge in [-0.1, -0.05) is 36.2 Å². The number of hydrogen-bond donors (Lipinski definition) is 2. The topological polar surface area (TPSA) is 54.7 Å². The van der Waals surface area contributed by atoms with E-state index in [1.54, 1.807) is 6.07 Å². The summed E-state index contributed by atoms with van der Waals surface area (Å²) in [4.78, 5) is 7.67. The first-order valence-electron chi connectivity index (χ1n) is 5.82. The molecule has 3 nitrogen and oxygen atoms in total. The van der Waals surface area contributed by atoms with Crippen molar-refractivity contribution in [3.8, 4) is 11.3 Å². The van der Waals surface area contributed by atoms with Gasteiger partial charge in [0.05, 0.1) is 21.9 Å². The SMILES string of the molecule is CC(CCN)c1ncc(-c2ccc(Cl)c(Cl)c2)[nH]1. The van der Waals surface area contributed by atoms with Crippen molar-refractivity contribution in [3.63, 3.8) is 0 Å². The molecule has 96 valence electrons. The number of hydrogen-bond acceptors (Lipinski definition) is 2. The third kappa shape index (κ3) is 2.86. The van der Waals surface area contributed by atoms with Crippen molar-refractivity contribution in [2.45, 2.75) is 19.3 Å². The molecule has 0 radical (unpaired) electrons. The molecular formula is C13H15Cl2N3. The first-order chi connectivity index (χ1) is 8.61. The van der Waals surface area contributed by atoms with Gasteiger partial charge in [0.15, 0.2) is 0 Å². The number of nitrogens with one attached hydrogen (secondary N) is 1. The first-order valence-corrected chi connectivity index (χ1v) is 6.57. The van der Waals surface area contributed by atoms with Gasteiger partial charge in [-0.3, -0.25) is 0 Å². The van der Waals surface area contributed by atoms with Crippen LogP contribution < -0.4 is 5.73 Å². The van der Waals surface area contributed by atoms with E-state index in [1.807, 2.05) is 18.3 Å². The highest BCUT2D eigenvalue weighted by Crippen LogP contribution is 2.28. The molecular weight excluding hydrogens is 269 g/mol. The van der Waals surface area contributed by atoms with E-state index in [-0.39, 0.29) is 0 Å². The highest BCUT2D eigenvalue weighted by atomic mass is 35.5. The van der Waals surface area contributed by atoms with Crippen LogP contribution in [0.3, 0.4) is 0 Å². The summed E-state index contributed by atoms with van der Waals surface area (Å²) < 4.78 is 0. The lowest BCUT2D eigenvalue weighted by Gasteiger charge is -2.05. The molecule has 18 heavy (non-hydrogen) atoms. The summed E-state index contributed by atoms with van der Waals surface area (Å²) in [6, 6.07) is 5.52. The molecule has 2 aromatic rings. The summed E-state index contributed by atoms with van der Waals surface area (Å²) in [7, 11) is 0. The second-order valence-electron chi connectivity index (χ2n) is 4.29. The average Bonchev–Trinajstić information content (AvgIpc) is 2.82. The summed E-state index contributed by atoms with van der Waals surface area (Å²) >= 11 is 11.9. The third-order valence-corrected chi connectivity index (χ3v) is 3.63. The van der Waals surface area contributed by atoms with Gasteiger partial charge in [0.2, 0.25) is 0 Å². The van der Waals surface area contributed by atoms with Gasteiger partial charge < -0.3 is 10.7 Å². The number of imidazole rings is 1. The van der Waals surface area contributed by atoms with Crippen LogP contribution >= 0.6 is 23.2 Å². The van der Waals surface area contributed by atoms with Gasteiger partial charge in [0, 0.05) is 11.5 Å². The number of rotatable bonds is 4. The summed E-state index contributed by atoms with van der Waals surface area (Å²) in [5, 5.41) is 1.09. The zero-order valence-corrected chi connectivity index (χ0v) is 11.6. The molecule has 2 rings (SSSR count). The predicted octanol–water partition coefficient (Wildman–Crippen LogP) is 3.84. The Morgan fingerprint density at radius 1 is 1.33 bits per heavy atom. The van der Waals surface area contributed by atoms with Gasteiger partial charge in [0.1, 0.15) is 5.82 Å². The lowest BCUT2D eigenvalue weighted by atomic mass is 10.1. The number of nitrogens with two attached hydrogens (primary N) is 1. The normalized spacial score (nSPS) is 12.7. The number of halogens is 2. The van der Waals surface area contributed by atoms with Crippen LogP contribution in [0.1, 0.15) is 25.1 Å². The summed E-state index contributed by atoms with van der Waals surface area (Å²) in [6.45, 7) is 2.76. The van der Waals surface area contributed by atoms with Crippen LogP contribution in [-0.4, -0.2) is 16.5 Å². The molecule has 0 saturated heterocycles. The number of aromatic nitrogens is 2. The molecule has 0 aliphatic rings. The van der Waals surface area contributed by atoms with Crippen molar-refractivity contribution >= 4 is 23.2 Å². The minimum Gasteiger partial charge on any atom is -0.342 e. The minimum absolute atomic E-state index is 0.325. The monoisotopic (exact) mass is 283 g/mol. The Morgan fingerprint density at radius 2 is 2.11 bits per heavy atom. The first kappa shape index (κ1) is 13.4. The Hall–Kier alpha value is -1.03. The van der Waals surface area contributed by atoms with E-state index in [4.69, 9.17) is 28.9 Å². The van der Waals surface area contributed by atoms with Gasteiger partial charge in [-0.15, -0.1) is 0 Å². The van der Waals surface area contributed by atoms with Crippen molar-refractivity contribution < 1.29 is 0 Å². The van der Waals surface area contributed by atoms with E-state index >= 15 is 0 Å². The van der Waals surface area contributed by atoms with Crippen LogP contribution in [0.2, 0.25) is 10.0 Å². The number of H-pyrrole nitrogens is 1. The summed E-state index contributed by atoms with van der Waals surface area (Å²) in [5.41, 5.74) is 7.46. The Bertz CT molecular complexity index is 537. The second-order valence-corrected chi connectivity index (χ2v) is 5.10. The predicted molar refractivity (Wildman–Crippen MR) is 76.1 cm³/mol. The molecule has 1 atom stereocenters. The number of aromatic amines is 1. The minimum atomic E-state index is 0.325. The smallest absolute Gasteiger partial charge is 0.109 e. The fourth-order valence-electron chi connectivity index (χ4n) is 1.78. The maximum Gasteiger partial charge on any atom is 0.109 e. The van der Waals surface area contributed by atoms with Crippen LogP contribution in [0, 0.1) is 0 Å². The van der Waals surface area contributed by atoms with E-state index in [1.165, 1.54) is 0 Å².